The molecule has 1 heterocycles. The minimum absolute atomic E-state index is 0.00656. The van der Waals surface area contributed by atoms with E-state index in [1.165, 1.54) is 6.21 Å². The molecule has 29 heavy (non-hydrogen) atoms. The number of halogens is 2. The average Bonchev–Trinajstić information content (AvgIpc) is 3.04. The molecule has 1 aliphatic rings. The molecule has 3 rings (SSSR count). The molecule has 2 amide bonds. The van der Waals surface area contributed by atoms with Crippen molar-refractivity contribution in [2.24, 2.45) is 10.2 Å². The second-order valence-corrected chi connectivity index (χ2v) is 7.92. The van der Waals surface area contributed by atoms with Crippen molar-refractivity contribution in [3.8, 4) is 0 Å². The Bertz CT molecular complexity index is 993. The standard InChI is InChI=1S/C20H16Cl2N4O2S/c21-15-9-8-14(11-16(15)22)24-18(27)12-17-19(28)25-20(29-17)26-23-10-4-7-13-5-2-1-3-6-13/h1-11,17H,12H2,(H,24,27)(H,25,26,28). The fourth-order valence-corrected chi connectivity index (χ4v) is 3.61. The molecule has 0 radical (unpaired) electrons. The maximum absolute atomic E-state index is 12.2. The van der Waals surface area contributed by atoms with Crippen molar-refractivity contribution in [1.29, 1.82) is 0 Å². The molecule has 0 saturated carbocycles. The molecular formula is C20H16Cl2N4O2S. The molecule has 0 aliphatic carbocycles. The van der Waals surface area contributed by atoms with Gasteiger partial charge in [-0.25, -0.2) is 0 Å². The highest BCUT2D eigenvalue weighted by Gasteiger charge is 2.32. The summed E-state index contributed by atoms with van der Waals surface area (Å²) in [6.45, 7) is 0. The van der Waals surface area contributed by atoms with E-state index in [2.05, 4.69) is 20.8 Å². The minimum atomic E-state index is -0.577. The number of nitrogens with one attached hydrogen (secondary N) is 2. The predicted octanol–water partition coefficient (Wildman–Crippen LogP) is 4.61. The van der Waals surface area contributed by atoms with Crippen LogP contribution in [0.4, 0.5) is 5.69 Å². The summed E-state index contributed by atoms with van der Waals surface area (Å²) < 4.78 is 0. The lowest BCUT2D eigenvalue weighted by molar-refractivity contribution is -0.122. The molecule has 1 fully saturated rings. The van der Waals surface area contributed by atoms with Crippen LogP contribution in [0.1, 0.15) is 12.0 Å². The Hall–Kier alpha value is -2.61. The van der Waals surface area contributed by atoms with Crippen LogP contribution < -0.4 is 10.6 Å². The Morgan fingerprint density at radius 3 is 2.72 bits per heavy atom. The summed E-state index contributed by atoms with van der Waals surface area (Å²) in [6, 6.07) is 14.5. The number of hydrogen-bond donors (Lipinski definition) is 2. The number of thioether (sulfide) groups is 1. The van der Waals surface area contributed by atoms with Gasteiger partial charge in [0.05, 0.1) is 10.0 Å². The normalized spacial score (nSPS) is 17.9. The van der Waals surface area contributed by atoms with Crippen LogP contribution in [-0.2, 0) is 9.59 Å². The first-order valence-corrected chi connectivity index (χ1v) is 10.2. The summed E-state index contributed by atoms with van der Waals surface area (Å²) in [6.07, 6.45) is 5.16. The molecular weight excluding hydrogens is 431 g/mol. The number of benzene rings is 2. The van der Waals surface area contributed by atoms with Crippen molar-refractivity contribution >= 4 is 69.9 Å². The molecule has 0 aromatic heterocycles. The van der Waals surface area contributed by atoms with Crippen LogP contribution in [-0.4, -0.2) is 28.4 Å². The van der Waals surface area contributed by atoms with E-state index in [1.807, 2.05) is 36.4 Å². The first-order chi connectivity index (χ1) is 14.0. The molecule has 2 aromatic carbocycles. The van der Waals surface area contributed by atoms with E-state index in [9.17, 15) is 9.59 Å². The number of rotatable bonds is 6. The van der Waals surface area contributed by atoms with E-state index < -0.39 is 5.25 Å². The van der Waals surface area contributed by atoms with Gasteiger partial charge in [0.1, 0.15) is 5.25 Å². The number of allylic oxidation sites excluding steroid dienone is 1. The maximum Gasteiger partial charge on any atom is 0.240 e. The average molecular weight is 447 g/mol. The van der Waals surface area contributed by atoms with Gasteiger partial charge in [0.25, 0.3) is 0 Å². The highest BCUT2D eigenvalue weighted by Crippen LogP contribution is 2.26. The molecule has 1 atom stereocenters. The summed E-state index contributed by atoms with van der Waals surface area (Å²) in [7, 11) is 0. The number of anilines is 1. The SMILES string of the molecule is O=C(CC1SC(=NN=CC=Cc2ccccc2)NC1=O)Nc1ccc(Cl)c(Cl)c1. The van der Waals surface area contributed by atoms with E-state index in [0.717, 1.165) is 17.3 Å². The van der Waals surface area contributed by atoms with Gasteiger partial charge in [0, 0.05) is 18.3 Å². The highest BCUT2D eigenvalue weighted by molar-refractivity contribution is 8.15. The molecule has 2 aromatic rings. The van der Waals surface area contributed by atoms with Gasteiger partial charge < -0.3 is 10.6 Å². The zero-order valence-corrected chi connectivity index (χ0v) is 17.3. The lowest BCUT2D eigenvalue weighted by atomic mass is 10.2. The number of nitrogens with zero attached hydrogens (tertiary/aromatic N) is 2. The summed E-state index contributed by atoms with van der Waals surface area (Å²) in [5.41, 5.74) is 1.56. The Morgan fingerprint density at radius 2 is 1.97 bits per heavy atom. The van der Waals surface area contributed by atoms with Crippen LogP contribution in [0.15, 0.2) is 64.8 Å². The Labute approximate surface area is 182 Å². The zero-order valence-electron chi connectivity index (χ0n) is 15.0. The van der Waals surface area contributed by atoms with Crippen LogP contribution in [0, 0.1) is 0 Å². The van der Waals surface area contributed by atoms with Crippen molar-refractivity contribution in [2.75, 3.05) is 5.32 Å². The van der Waals surface area contributed by atoms with E-state index in [0.29, 0.717) is 20.9 Å². The second-order valence-electron chi connectivity index (χ2n) is 5.92. The minimum Gasteiger partial charge on any atom is -0.326 e. The van der Waals surface area contributed by atoms with E-state index in [1.54, 1.807) is 24.3 Å². The van der Waals surface area contributed by atoms with Gasteiger partial charge >= 0.3 is 0 Å². The quantitative estimate of drug-likeness (QED) is 0.501. The molecule has 9 heteroatoms. The summed E-state index contributed by atoms with van der Waals surface area (Å²) in [4.78, 5) is 24.2. The third-order valence-corrected chi connectivity index (χ3v) is 5.55. The number of hydrogen-bond acceptors (Lipinski definition) is 5. The molecule has 1 saturated heterocycles. The molecule has 2 N–H and O–H groups in total. The predicted molar refractivity (Wildman–Crippen MR) is 121 cm³/mol. The number of carbonyl (C=O) groups excluding carboxylic acids is 2. The van der Waals surface area contributed by atoms with Gasteiger partial charge in [-0.2, -0.15) is 5.10 Å². The Kier molecular flexibility index (Phi) is 7.46. The van der Waals surface area contributed by atoms with Crippen LogP contribution in [0.25, 0.3) is 6.08 Å². The molecule has 1 unspecified atom stereocenters. The van der Waals surface area contributed by atoms with Crippen LogP contribution in [0.2, 0.25) is 10.0 Å². The van der Waals surface area contributed by atoms with Gasteiger partial charge in [-0.3, -0.25) is 9.59 Å². The summed E-state index contributed by atoms with van der Waals surface area (Å²) in [5, 5.41) is 13.7. The van der Waals surface area contributed by atoms with Crippen molar-refractivity contribution in [2.45, 2.75) is 11.7 Å². The summed E-state index contributed by atoms with van der Waals surface area (Å²) in [5.74, 6) is -0.598. The molecule has 6 nitrogen and oxygen atoms in total. The molecule has 0 bridgehead atoms. The van der Waals surface area contributed by atoms with Gasteiger partial charge in [0.2, 0.25) is 11.8 Å². The lowest BCUT2D eigenvalue weighted by Crippen LogP contribution is -2.28. The number of amidine groups is 1. The maximum atomic E-state index is 12.2. The van der Waals surface area contributed by atoms with Crippen LogP contribution in [0.3, 0.4) is 0 Å². The Morgan fingerprint density at radius 1 is 1.17 bits per heavy atom. The molecule has 148 valence electrons. The topological polar surface area (TPSA) is 82.9 Å². The monoisotopic (exact) mass is 446 g/mol. The fraction of sp³-hybridized carbons (Fsp3) is 0.100. The first kappa shape index (κ1) is 21.1. The van der Waals surface area contributed by atoms with Gasteiger partial charge in [0.15, 0.2) is 5.17 Å². The third-order valence-electron chi connectivity index (χ3n) is 3.74. The van der Waals surface area contributed by atoms with Crippen molar-refractivity contribution in [3.63, 3.8) is 0 Å². The number of carbonyl (C=O) groups is 2. The zero-order chi connectivity index (χ0) is 20.6. The molecule has 1 aliphatic heterocycles. The van der Waals surface area contributed by atoms with Crippen LogP contribution in [0.5, 0.6) is 0 Å². The first-order valence-electron chi connectivity index (χ1n) is 8.56. The smallest absolute Gasteiger partial charge is 0.240 e. The summed E-state index contributed by atoms with van der Waals surface area (Å²) >= 11 is 12.9. The lowest BCUT2D eigenvalue weighted by Gasteiger charge is -2.08. The third kappa shape index (κ3) is 6.45. The van der Waals surface area contributed by atoms with Crippen molar-refractivity contribution < 1.29 is 9.59 Å². The van der Waals surface area contributed by atoms with Gasteiger partial charge in [-0.05, 0) is 29.8 Å². The fourth-order valence-electron chi connectivity index (χ4n) is 2.38. The second kappa shape index (κ2) is 10.2. The van der Waals surface area contributed by atoms with Gasteiger partial charge in [-0.15, -0.1) is 5.10 Å². The largest absolute Gasteiger partial charge is 0.326 e. The van der Waals surface area contributed by atoms with Crippen LogP contribution >= 0.6 is 35.0 Å². The highest BCUT2D eigenvalue weighted by atomic mass is 35.5. The van der Waals surface area contributed by atoms with Crippen molar-refractivity contribution in [1.82, 2.24) is 5.32 Å². The van der Waals surface area contributed by atoms with E-state index in [4.69, 9.17) is 23.2 Å². The molecule has 0 spiro atoms. The Balaban J connectivity index is 1.50. The van der Waals surface area contributed by atoms with E-state index >= 15 is 0 Å². The van der Waals surface area contributed by atoms with Crippen molar-refractivity contribution in [3.05, 3.63) is 70.2 Å². The number of amides is 2. The van der Waals surface area contributed by atoms with E-state index in [-0.39, 0.29) is 18.2 Å². The van der Waals surface area contributed by atoms with Gasteiger partial charge in [-0.1, -0.05) is 71.4 Å².